The summed E-state index contributed by atoms with van der Waals surface area (Å²) in [5.41, 5.74) is 1.80. The van der Waals surface area contributed by atoms with Crippen molar-refractivity contribution in [1.29, 1.82) is 0 Å². The lowest BCUT2D eigenvalue weighted by Crippen LogP contribution is -2.15. The van der Waals surface area contributed by atoms with Crippen molar-refractivity contribution in [3.05, 3.63) is 24.5 Å². The van der Waals surface area contributed by atoms with Crippen LogP contribution in [0.4, 0.5) is 0 Å². The molecule has 0 aliphatic heterocycles. The molecule has 0 unspecified atom stereocenters. The molecule has 0 aliphatic rings. The second-order valence-electron chi connectivity index (χ2n) is 3.62. The van der Waals surface area contributed by atoms with Crippen LogP contribution in [0, 0.1) is 0 Å². The summed E-state index contributed by atoms with van der Waals surface area (Å²) in [6.45, 7) is 2.29. The zero-order valence-electron chi connectivity index (χ0n) is 9.84. The van der Waals surface area contributed by atoms with Crippen LogP contribution in [0.1, 0.15) is 6.92 Å². The highest BCUT2D eigenvalue weighted by atomic mass is 16.6. The van der Waals surface area contributed by atoms with Crippen molar-refractivity contribution in [2.24, 2.45) is 7.05 Å². The number of hydrogen-bond donors (Lipinski definition) is 0. The van der Waals surface area contributed by atoms with E-state index in [9.17, 15) is 4.79 Å². The van der Waals surface area contributed by atoms with E-state index in [2.05, 4.69) is 4.98 Å². The van der Waals surface area contributed by atoms with E-state index in [-0.39, 0.29) is 6.61 Å². The van der Waals surface area contributed by atoms with Crippen LogP contribution in [0.2, 0.25) is 0 Å². The Kier molecular flexibility index (Phi) is 3.39. The molecule has 0 amide bonds. The topological polar surface area (TPSA) is 53.4 Å². The van der Waals surface area contributed by atoms with Gasteiger partial charge in [-0.25, -0.2) is 9.78 Å². The van der Waals surface area contributed by atoms with Crippen LogP contribution in [-0.4, -0.2) is 28.7 Å². The minimum Gasteiger partial charge on any atom is -0.425 e. The summed E-state index contributed by atoms with van der Waals surface area (Å²) in [6.07, 6.45) is 1.72. The summed E-state index contributed by atoms with van der Waals surface area (Å²) in [5.74, 6) is 0.0861. The van der Waals surface area contributed by atoms with Gasteiger partial charge in [-0.1, -0.05) is 0 Å². The molecule has 0 fully saturated rings. The molecule has 1 aromatic heterocycles. The second kappa shape index (κ2) is 4.97. The van der Waals surface area contributed by atoms with Gasteiger partial charge in [0.15, 0.2) is 0 Å². The van der Waals surface area contributed by atoms with Crippen LogP contribution in [0.3, 0.4) is 0 Å². The van der Waals surface area contributed by atoms with E-state index < -0.39 is 5.97 Å². The highest BCUT2D eigenvalue weighted by Crippen LogP contribution is 2.19. The Morgan fingerprint density at radius 3 is 3.06 bits per heavy atom. The van der Waals surface area contributed by atoms with Gasteiger partial charge in [0, 0.05) is 19.7 Å². The number of aromatic nitrogens is 2. The predicted molar refractivity (Wildman–Crippen MR) is 62.8 cm³/mol. The maximum atomic E-state index is 11.3. The molecule has 0 N–H and O–H groups in total. The molecule has 0 aliphatic carbocycles. The molecule has 2 aromatic rings. The van der Waals surface area contributed by atoms with E-state index in [1.165, 1.54) is 0 Å². The van der Waals surface area contributed by atoms with Gasteiger partial charge in [0.25, 0.3) is 0 Å². The van der Waals surface area contributed by atoms with Gasteiger partial charge in [-0.05, 0) is 19.1 Å². The monoisotopic (exact) mass is 234 g/mol. The number of fused-ring (bicyclic) bond motifs is 1. The van der Waals surface area contributed by atoms with Gasteiger partial charge in [0.1, 0.15) is 12.4 Å². The number of imidazole rings is 1. The minimum absolute atomic E-state index is 0.0310. The molecule has 0 saturated heterocycles. The zero-order chi connectivity index (χ0) is 12.3. The molecule has 0 radical (unpaired) electrons. The fourth-order valence-electron chi connectivity index (χ4n) is 1.53. The van der Waals surface area contributed by atoms with E-state index >= 15 is 0 Å². The van der Waals surface area contributed by atoms with E-state index in [0.29, 0.717) is 12.4 Å². The SMILES string of the molecule is CCOCC(=O)Oc1ccc2c(c1)ncn2C. The van der Waals surface area contributed by atoms with E-state index in [1.54, 1.807) is 18.5 Å². The molecule has 0 spiro atoms. The molecule has 0 saturated carbocycles. The van der Waals surface area contributed by atoms with Crippen molar-refractivity contribution in [2.45, 2.75) is 6.92 Å². The molecule has 0 bridgehead atoms. The molecule has 17 heavy (non-hydrogen) atoms. The molecule has 0 atom stereocenters. The van der Waals surface area contributed by atoms with Gasteiger partial charge < -0.3 is 14.0 Å². The lowest BCUT2D eigenvalue weighted by atomic mass is 10.3. The normalized spacial score (nSPS) is 10.7. The average Bonchev–Trinajstić information content (AvgIpc) is 2.68. The third-order valence-corrected chi connectivity index (χ3v) is 2.35. The molecule has 5 heteroatoms. The average molecular weight is 234 g/mol. The molecular formula is C12H14N2O3. The number of esters is 1. The Labute approximate surface area is 99.0 Å². The van der Waals surface area contributed by atoms with Gasteiger partial charge in [-0.2, -0.15) is 0 Å². The van der Waals surface area contributed by atoms with Crippen molar-refractivity contribution in [3.63, 3.8) is 0 Å². The van der Waals surface area contributed by atoms with Gasteiger partial charge >= 0.3 is 5.97 Å². The van der Waals surface area contributed by atoms with E-state index in [4.69, 9.17) is 9.47 Å². The second-order valence-corrected chi connectivity index (χ2v) is 3.62. The Morgan fingerprint density at radius 1 is 1.47 bits per heavy atom. The molecule has 5 nitrogen and oxygen atoms in total. The number of ether oxygens (including phenoxy) is 2. The summed E-state index contributed by atoms with van der Waals surface area (Å²) in [6, 6.07) is 5.35. The number of nitrogens with zero attached hydrogens (tertiary/aromatic N) is 2. The summed E-state index contributed by atoms with van der Waals surface area (Å²) >= 11 is 0. The molecule has 1 heterocycles. The van der Waals surface area contributed by atoms with E-state index in [0.717, 1.165) is 11.0 Å². The number of carbonyl (C=O) groups is 1. The first kappa shape index (κ1) is 11.6. The fourth-order valence-corrected chi connectivity index (χ4v) is 1.53. The molecule has 90 valence electrons. The number of benzene rings is 1. The van der Waals surface area contributed by atoms with Gasteiger partial charge in [0.05, 0.1) is 17.4 Å². The van der Waals surface area contributed by atoms with Crippen molar-refractivity contribution in [2.75, 3.05) is 13.2 Å². The van der Waals surface area contributed by atoms with Crippen molar-refractivity contribution < 1.29 is 14.3 Å². The summed E-state index contributed by atoms with van der Waals surface area (Å²) in [7, 11) is 1.91. The quantitative estimate of drug-likeness (QED) is 0.594. The first-order valence-electron chi connectivity index (χ1n) is 5.40. The van der Waals surface area contributed by atoms with Gasteiger partial charge in [-0.3, -0.25) is 0 Å². The third kappa shape index (κ3) is 2.62. The Bertz CT molecular complexity index is 534. The van der Waals surface area contributed by atoms with Crippen molar-refractivity contribution in [1.82, 2.24) is 9.55 Å². The highest BCUT2D eigenvalue weighted by Gasteiger charge is 2.06. The Balaban J connectivity index is 2.11. The van der Waals surface area contributed by atoms with Gasteiger partial charge in [0.2, 0.25) is 0 Å². The van der Waals surface area contributed by atoms with Crippen LogP contribution in [0.15, 0.2) is 24.5 Å². The summed E-state index contributed by atoms with van der Waals surface area (Å²) in [5, 5.41) is 0. The van der Waals surface area contributed by atoms with Gasteiger partial charge in [-0.15, -0.1) is 0 Å². The summed E-state index contributed by atoms with van der Waals surface area (Å²) < 4.78 is 12.0. The maximum absolute atomic E-state index is 11.3. The van der Waals surface area contributed by atoms with Crippen LogP contribution in [0.25, 0.3) is 11.0 Å². The largest absolute Gasteiger partial charge is 0.425 e. The Morgan fingerprint density at radius 2 is 2.29 bits per heavy atom. The van der Waals surface area contributed by atoms with Crippen LogP contribution < -0.4 is 4.74 Å². The Hall–Kier alpha value is -1.88. The number of aryl methyl sites for hydroxylation is 1. The number of rotatable bonds is 4. The molecule has 1 aromatic carbocycles. The number of carbonyl (C=O) groups excluding carboxylic acids is 1. The van der Waals surface area contributed by atoms with Crippen LogP contribution >= 0.6 is 0 Å². The molecular weight excluding hydrogens is 220 g/mol. The van der Waals surface area contributed by atoms with Crippen molar-refractivity contribution in [3.8, 4) is 5.75 Å². The lowest BCUT2D eigenvalue weighted by molar-refractivity contribution is -0.139. The first-order valence-corrected chi connectivity index (χ1v) is 5.40. The van der Waals surface area contributed by atoms with Crippen LogP contribution in [-0.2, 0) is 16.6 Å². The maximum Gasteiger partial charge on any atom is 0.337 e. The molecule has 2 rings (SSSR count). The number of hydrogen-bond acceptors (Lipinski definition) is 4. The highest BCUT2D eigenvalue weighted by molar-refractivity contribution is 5.79. The predicted octanol–water partition coefficient (Wildman–Crippen LogP) is 1.52. The van der Waals surface area contributed by atoms with Crippen LogP contribution in [0.5, 0.6) is 5.75 Å². The first-order chi connectivity index (χ1) is 8.20. The zero-order valence-corrected chi connectivity index (χ0v) is 9.84. The summed E-state index contributed by atoms with van der Waals surface area (Å²) in [4.78, 5) is 15.5. The fraction of sp³-hybridized carbons (Fsp3) is 0.333. The minimum atomic E-state index is -0.401. The van der Waals surface area contributed by atoms with Crippen molar-refractivity contribution >= 4 is 17.0 Å². The third-order valence-electron chi connectivity index (χ3n) is 2.35. The van der Waals surface area contributed by atoms with E-state index in [1.807, 2.05) is 24.6 Å². The smallest absolute Gasteiger partial charge is 0.337 e. The standard InChI is InChI=1S/C12H14N2O3/c1-3-16-7-12(15)17-9-4-5-11-10(6-9)13-8-14(11)2/h4-6,8H,3,7H2,1-2H3. The lowest BCUT2D eigenvalue weighted by Gasteiger charge is -2.04.